The van der Waals surface area contributed by atoms with Crippen LogP contribution in [0.4, 0.5) is 10.5 Å². The lowest BCUT2D eigenvalue weighted by Gasteiger charge is -2.14. The third kappa shape index (κ3) is 3.18. The van der Waals surface area contributed by atoms with Crippen LogP contribution in [0.25, 0.3) is 11.0 Å². The maximum absolute atomic E-state index is 12.2. The molecule has 2 amide bonds. The maximum Gasteiger partial charge on any atom is 0.319 e. The first-order valence-corrected chi connectivity index (χ1v) is 7.52. The third-order valence-corrected chi connectivity index (χ3v) is 3.58. The molecule has 0 fully saturated rings. The number of anilines is 1. The molecular formula is C16H19N5O2. The Balaban J connectivity index is 1.68. The van der Waals surface area contributed by atoms with Crippen LogP contribution in [0.1, 0.15) is 31.5 Å². The summed E-state index contributed by atoms with van der Waals surface area (Å²) in [4.78, 5) is 16.3. The van der Waals surface area contributed by atoms with Crippen molar-refractivity contribution in [1.82, 2.24) is 20.1 Å². The van der Waals surface area contributed by atoms with Crippen LogP contribution in [0.3, 0.4) is 0 Å². The molecule has 0 aliphatic heterocycles. The van der Waals surface area contributed by atoms with Gasteiger partial charge in [-0.3, -0.25) is 0 Å². The highest BCUT2D eigenvalue weighted by Crippen LogP contribution is 2.22. The zero-order chi connectivity index (χ0) is 16.4. The summed E-state index contributed by atoms with van der Waals surface area (Å²) in [6.07, 6.45) is 1.49. The summed E-state index contributed by atoms with van der Waals surface area (Å²) in [5.74, 6) is 1.57. The van der Waals surface area contributed by atoms with E-state index in [1.165, 1.54) is 6.33 Å². The summed E-state index contributed by atoms with van der Waals surface area (Å²) in [5.41, 5.74) is 1.51. The van der Waals surface area contributed by atoms with Crippen molar-refractivity contribution in [2.75, 3.05) is 5.32 Å². The second-order valence-electron chi connectivity index (χ2n) is 5.36. The summed E-state index contributed by atoms with van der Waals surface area (Å²) in [6.45, 7) is 6.45. The van der Waals surface area contributed by atoms with E-state index in [0.29, 0.717) is 12.2 Å². The van der Waals surface area contributed by atoms with Gasteiger partial charge in [-0.25, -0.2) is 14.5 Å². The fourth-order valence-corrected chi connectivity index (χ4v) is 2.53. The fraction of sp³-hybridized carbons (Fsp3) is 0.312. The molecule has 1 aromatic carbocycles. The van der Waals surface area contributed by atoms with Crippen molar-refractivity contribution in [1.29, 1.82) is 0 Å². The molecule has 0 saturated heterocycles. The van der Waals surface area contributed by atoms with Crippen molar-refractivity contribution >= 4 is 22.7 Å². The van der Waals surface area contributed by atoms with Crippen LogP contribution < -0.4 is 10.6 Å². The van der Waals surface area contributed by atoms with E-state index in [-0.39, 0.29) is 12.1 Å². The third-order valence-electron chi connectivity index (χ3n) is 3.58. The van der Waals surface area contributed by atoms with Gasteiger partial charge in [0.2, 0.25) is 0 Å². The number of fused-ring (bicyclic) bond motifs is 1. The summed E-state index contributed by atoms with van der Waals surface area (Å²) in [5, 5.41) is 10.8. The van der Waals surface area contributed by atoms with Crippen LogP contribution in [0, 0.1) is 6.92 Å². The van der Waals surface area contributed by atoms with Gasteiger partial charge in [0.05, 0.1) is 6.04 Å². The van der Waals surface area contributed by atoms with Gasteiger partial charge >= 0.3 is 6.03 Å². The molecule has 3 aromatic rings. The first-order chi connectivity index (χ1) is 11.1. The zero-order valence-electron chi connectivity index (χ0n) is 13.3. The van der Waals surface area contributed by atoms with Gasteiger partial charge in [-0.05, 0) is 45.0 Å². The van der Waals surface area contributed by atoms with E-state index in [9.17, 15) is 4.79 Å². The fourth-order valence-electron chi connectivity index (χ4n) is 2.53. The van der Waals surface area contributed by atoms with Gasteiger partial charge in [0.1, 0.15) is 23.5 Å². The highest BCUT2D eigenvalue weighted by atomic mass is 16.3. The van der Waals surface area contributed by atoms with E-state index >= 15 is 0 Å². The number of furan rings is 1. The van der Waals surface area contributed by atoms with Crippen molar-refractivity contribution in [2.45, 2.75) is 33.4 Å². The smallest absolute Gasteiger partial charge is 0.319 e. The lowest BCUT2D eigenvalue weighted by molar-refractivity contribution is 0.248. The van der Waals surface area contributed by atoms with Crippen LogP contribution in [0.15, 0.2) is 35.0 Å². The van der Waals surface area contributed by atoms with E-state index in [1.54, 1.807) is 4.68 Å². The number of urea groups is 1. The second kappa shape index (κ2) is 6.12. The average Bonchev–Trinajstić information content (AvgIpc) is 3.11. The molecule has 0 unspecified atom stereocenters. The Kier molecular flexibility index (Phi) is 4.01. The molecule has 23 heavy (non-hydrogen) atoms. The predicted octanol–water partition coefficient (Wildman–Crippen LogP) is 3.24. The number of carbonyl (C=O) groups is 1. The number of aryl methyl sites for hydroxylation is 2. The van der Waals surface area contributed by atoms with Gasteiger partial charge in [0, 0.05) is 17.6 Å². The Morgan fingerprint density at radius 3 is 3.00 bits per heavy atom. The number of aromatic nitrogens is 3. The molecule has 7 nitrogen and oxygen atoms in total. The van der Waals surface area contributed by atoms with Crippen LogP contribution in [-0.2, 0) is 6.54 Å². The molecule has 2 N–H and O–H groups in total. The molecule has 2 heterocycles. The number of hydrogen-bond acceptors (Lipinski definition) is 4. The first-order valence-electron chi connectivity index (χ1n) is 7.52. The zero-order valence-corrected chi connectivity index (χ0v) is 13.3. The Morgan fingerprint density at radius 2 is 2.22 bits per heavy atom. The first kappa shape index (κ1) is 15.1. The van der Waals surface area contributed by atoms with Crippen molar-refractivity contribution < 1.29 is 9.21 Å². The topological polar surface area (TPSA) is 85.0 Å². The molecule has 0 radical (unpaired) electrons. The number of nitrogens with zero attached hydrogens (tertiary/aromatic N) is 3. The highest BCUT2D eigenvalue weighted by Gasteiger charge is 2.15. The SMILES string of the molecule is CCn1ncnc1[C@H](C)NC(=O)Nc1ccc2oc(C)cc2c1. The molecule has 0 saturated carbocycles. The van der Waals surface area contributed by atoms with Crippen molar-refractivity contribution in [2.24, 2.45) is 0 Å². The Hall–Kier alpha value is -2.83. The Labute approximate surface area is 133 Å². The largest absolute Gasteiger partial charge is 0.461 e. The lowest BCUT2D eigenvalue weighted by Crippen LogP contribution is -2.32. The molecule has 7 heteroatoms. The molecule has 0 aliphatic carbocycles. The van der Waals surface area contributed by atoms with Gasteiger partial charge in [-0.2, -0.15) is 5.10 Å². The van der Waals surface area contributed by atoms with Crippen molar-refractivity contribution in [3.63, 3.8) is 0 Å². The van der Waals surface area contributed by atoms with Crippen LogP contribution in [-0.4, -0.2) is 20.8 Å². The normalized spacial score (nSPS) is 12.3. The highest BCUT2D eigenvalue weighted by molar-refractivity contribution is 5.92. The molecule has 0 aliphatic rings. The van der Waals surface area contributed by atoms with Crippen LogP contribution in [0.5, 0.6) is 0 Å². The van der Waals surface area contributed by atoms with Gasteiger partial charge in [-0.15, -0.1) is 0 Å². The number of carbonyl (C=O) groups excluding carboxylic acids is 1. The van der Waals surface area contributed by atoms with E-state index in [0.717, 1.165) is 22.6 Å². The minimum Gasteiger partial charge on any atom is -0.461 e. The number of hydrogen-bond donors (Lipinski definition) is 2. The monoisotopic (exact) mass is 313 g/mol. The number of benzene rings is 1. The van der Waals surface area contributed by atoms with Crippen LogP contribution in [0.2, 0.25) is 0 Å². The van der Waals surface area contributed by atoms with Crippen LogP contribution >= 0.6 is 0 Å². The Bertz CT molecular complexity index is 836. The molecule has 3 rings (SSSR count). The molecule has 2 aromatic heterocycles. The van der Waals surface area contributed by atoms with Crippen molar-refractivity contribution in [3.05, 3.63) is 42.2 Å². The number of nitrogens with one attached hydrogen (secondary N) is 2. The van der Waals surface area contributed by atoms with E-state index < -0.39 is 0 Å². The molecule has 1 atom stereocenters. The van der Waals surface area contributed by atoms with Crippen molar-refractivity contribution in [3.8, 4) is 0 Å². The van der Waals surface area contributed by atoms with Gasteiger partial charge in [0.25, 0.3) is 0 Å². The second-order valence-corrected chi connectivity index (χ2v) is 5.36. The van der Waals surface area contributed by atoms with E-state index in [1.807, 2.05) is 45.0 Å². The maximum atomic E-state index is 12.2. The molecule has 0 bridgehead atoms. The number of rotatable bonds is 4. The minimum absolute atomic E-state index is 0.239. The molecular weight excluding hydrogens is 294 g/mol. The minimum atomic E-state index is -0.289. The lowest BCUT2D eigenvalue weighted by atomic mass is 10.2. The van der Waals surface area contributed by atoms with E-state index in [4.69, 9.17) is 4.42 Å². The number of amides is 2. The van der Waals surface area contributed by atoms with E-state index in [2.05, 4.69) is 20.7 Å². The van der Waals surface area contributed by atoms with Gasteiger partial charge in [-0.1, -0.05) is 0 Å². The van der Waals surface area contributed by atoms with Gasteiger partial charge < -0.3 is 15.1 Å². The molecule has 0 spiro atoms. The van der Waals surface area contributed by atoms with Gasteiger partial charge in [0.15, 0.2) is 0 Å². The predicted molar refractivity (Wildman–Crippen MR) is 87.2 cm³/mol. The summed E-state index contributed by atoms with van der Waals surface area (Å²) in [6, 6.07) is 6.94. The quantitative estimate of drug-likeness (QED) is 0.774. The molecule has 120 valence electrons. The summed E-state index contributed by atoms with van der Waals surface area (Å²) >= 11 is 0. The Morgan fingerprint density at radius 1 is 1.39 bits per heavy atom. The summed E-state index contributed by atoms with van der Waals surface area (Å²) < 4.78 is 7.28. The standard InChI is InChI=1S/C16H19N5O2/c1-4-21-15(17-9-18-21)11(3)19-16(22)20-13-5-6-14-12(8-13)7-10(2)23-14/h5-9,11H,4H2,1-3H3,(H2,19,20,22)/t11-/m0/s1. The average molecular weight is 313 g/mol. The summed E-state index contributed by atoms with van der Waals surface area (Å²) in [7, 11) is 0.